The molecular weight excluding hydrogens is 394 g/mol. The van der Waals surface area contributed by atoms with E-state index in [1.54, 1.807) is 48.2 Å². The topological polar surface area (TPSA) is 115 Å². The second kappa shape index (κ2) is 7.22. The number of hydrogen-bond acceptors (Lipinski definition) is 5. The maximum Gasteiger partial charge on any atom is 0.335 e. The number of ether oxygens (including phenoxy) is 1. The SMILES string of the molecule is COc1ccc(Cl)cc1Nc1c(-c2ccc(C(=O)O)cc2)nc2c(C#N)c[nH]n12. The number of hydrogen-bond donors (Lipinski definition) is 3. The lowest BCUT2D eigenvalue weighted by Gasteiger charge is -2.12. The number of carboxylic acids is 1. The first kappa shape index (κ1) is 18.4. The van der Waals surface area contributed by atoms with Gasteiger partial charge in [0.05, 0.1) is 18.4 Å². The summed E-state index contributed by atoms with van der Waals surface area (Å²) in [7, 11) is 1.55. The number of rotatable bonds is 5. The molecule has 29 heavy (non-hydrogen) atoms. The van der Waals surface area contributed by atoms with Crippen molar-refractivity contribution in [3.63, 3.8) is 0 Å². The van der Waals surface area contributed by atoms with E-state index in [0.717, 1.165) is 0 Å². The maximum absolute atomic E-state index is 11.1. The number of fused-ring (bicyclic) bond motifs is 1. The van der Waals surface area contributed by atoms with Gasteiger partial charge < -0.3 is 15.2 Å². The van der Waals surface area contributed by atoms with Gasteiger partial charge in [-0.1, -0.05) is 23.7 Å². The van der Waals surface area contributed by atoms with Gasteiger partial charge in [0.25, 0.3) is 0 Å². The Bertz CT molecular complexity index is 1270. The molecule has 0 unspecified atom stereocenters. The highest BCUT2D eigenvalue weighted by Gasteiger charge is 2.20. The average molecular weight is 408 g/mol. The number of nitrogens with zero attached hydrogens (tertiary/aromatic N) is 3. The Morgan fingerprint density at radius 3 is 2.72 bits per heavy atom. The van der Waals surface area contributed by atoms with Gasteiger partial charge in [-0.2, -0.15) is 5.26 Å². The Labute approximate surface area is 169 Å². The predicted molar refractivity (Wildman–Crippen MR) is 108 cm³/mol. The first-order chi connectivity index (χ1) is 14.0. The molecule has 0 aliphatic heterocycles. The molecule has 2 aromatic carbocycles. The number of methoxy groups -OCH3 is 1. The summed E-state index contributed by atoms with van der Waals surface area (Å²) in [5, 5.41) is 25.3. The van der Waals surface area contributed by atoms with Crippen molar-refractivity contribution in [2.45, 2.75) is 0 Å². The molecule has 0 saturated heterocycles. The normalized spacial score (nSPS) is 10.7. The van der Waals surface area contributed by atoms with E-state index in [9.17, 15) is 10.1 Å². The lowest BCUT2D eigenvalue weighted by molar-refractivity contribution is 0.0697. The van der Waals surface area contributed by atoms with Crippen LogP contribution in [0.15, 0.2) is 48.7 Å². The lowest BCUT2D eigenvalue weighted by atomic mass is 10.1. The van der Waals surface area contributed by atoms with Crippen LogP contribution in [-0.2, 0) is 0 Å². The van der Waals surface area contributed by atoms with Gasteiger partial charge >= 0.3 is 5.97 Å². The van der Waals surface area contributed by atoms with E-state index >= 15 is 0 Å². The van der Waals surface area contributed by atoms with Crippen molar-refractivity contribution >= 4 is 34.7 Å². The molecule has 0 spiro atoms. The number of benzene rings is 2. The molecule has 2 heterocycles. The van der Waals surface area contributed by atoms with Gasteiger partial charge in [0.15, 0.2) is 11.5 Å². The number of nitrogens with one attached hydrogen (secondary N) is 2. The number of H-pyrrole nitrogens is 1. The van der Waals surface area contributed by atoms with Crippen molar-refractivity contribution in [3.05, 3.63) is 64.8 Å². The molecule has 0 aliphatic rings. The largest absolute Gasteiger partial charge is 0.495 e. The summed E-state index contributed by atoms with van der Waals surface area (Å²) in [6, 6.07) is 13.6. The Balaban J connectivity index is 1.89. The molecule has 0 aliphatic carbocycles. The molecule has 0 radical (unpaired) electrons. The predicted octanol–water partition coefficient (Wildman–Crippen LogP) is 4.30. The van der Waals surface area contributed by atoms with Gasteiger partial charge in [0.1, 0.15) is 23.1 Å². The third-order valence-electron chi connectivity index (χ3n) is 4.40. The van der Waals surface area contributed by atoms with E-state index < -0.39 is 5.97 Å². The zero-order valence-electron chi connectivity index (χ0n) is 15.1. The summed E-state index contributed by atoms with van der Waals surface area (Å²) in [5.41, 5.74) is 2.81. The standard InChI is InChI=1S/C20H14ClN5O3/c1-29-16-7-6-14(21)8-15(16)24-19-17(11-2-4-12(5-3-11)20(27)28)25-18-13(9-22)10-23-26(18)19/h2-8,10,23-24H,1H3,(H,27,28). The smallest absolute Gasteiger partial charge is 0.335 e. The lowest BCUT2D eigenvalue weighted by Crippen LogP contribution is -2.00. The summed E-state index contributed by atoms with van der Waals surface area (Å²) in [6.45, 7) is 0. The molecule has 4 rings (SSSR count). The number of carbonyl (C=O) groups is 1. The molecule has 0 atom stereocenters. The van der Waals surface area contributed by atoms with Crippen LogP contribution in [0.1, 0.15) is 15.9 Å². The van der Waals surface area contributed by atoms with Crippen LogP contribution in [0.3, 0.4) is 0 Å². The fourth-order valence-corrected chi connectivity index (χ4v) is 3.17. The second-order valence-corrected chi connectivity index (χ2v) is 6.56. The third kappa shape index (κ3) is 3.24. The summed E-state index contributed by atoms with van der Waals surface area (Å²) in [6.07, 6.45) is 1.56. The fraction of sp³-hybridized carbons (Fsp3) is 0.0500. The van der Waals surface area contributed by atoms with Crippen molar-refractivity contribution < 1.29 is 14.6 Å². The number of anilines is 2. The van der Waals surface area contributed by atoms with Crippen molar-refractivity contribution in [2.75, 3.05) is 12.4 Å². The van der Waals surface area contributed by atoms with Crippen LogP contribution in [0, 0.1) is 11.3 Å². The van der Waals surface area contributed by atoms with Crippen molar-refractivity contribution in [1.29, 1.82) is 5.26 Å². The molecule has 8 nitrogen and oxygen atoms in total. The van der Waals surface area contributed by atoms with E-state index in [0.29, 0.717) is 44.7 Å². The number of imidazole rings is 1. The van der Waals surface area contributed by atoms with Gasteiger partial charge in [0, 0.05) is 16.8 Å². The van der Waals surface area contributed by atoms with E-state index in [-0.39, 0.29) is 5.56 Å². The quantitative estimate of drug-likeness (QED) is 0.454. The molecule has 144 valence electrons. The fourth-order valence-electron chi connectivity index (χ4n) is 3.00. The second-order valence-electron chi connectivity index (χ2n) is 6.12. The minimum absolute atomic E-state index is 0.169. The summed E-state index contributed by atoms with van der Waals surface area (Å²) >= 11 is 6.14. The minimum atomic E-state index is -1.01. The average Bonchev–Trinajstić information content (AvgIpc) is 3.28. The minimum Gasteiger partial charge on any atom is -0.495 e. The molecular formula is C20H14ClN5O3. The highest BCUT2D eigenvalue weighted by molar-refractivity contribution is 6.31. The molecule has 0 amide bonds. The van der Waals surface area contributed by atoms with Crippen molar-refractivity contribution in [3.8, 4) is 23.1 Å². The van der Waals surface area contributed by atoms with Crippen molar-refractivity contribution in [1.82, 2.24) is 14.6 Å². The van der Waals surface area contributed by atoms with E-state index in [1.165, 1.54) is 12.1 Å². The number of aromatic nitrogens is 3. The number of nitriles is 1. The maximum atomic E-state index is 11.1. The highest BCUT2D eigenvalue weighted by atomic mass is 35.5. The van der Waals surface area contributed by atoms with Crippen LogP contribution in [-0.4, -0.2) is 32.8 Å². The Hall–Kier alpha value is -3.96. The van der Waals surface area contributed by atoms with E-state index in [1.807, 2.05) is 0 Å². The van der Waals surface area contributed by atoms with Gasteiger partial charge in [-0.3, -0.25) is 5.10 Å². The van der Waals surface area contributed by atoms with Crippen molar-refractivity contribution in [2.24, 2.45) is 0 Å². The third-order valence-corrected chi connectivity index (χ3v) is 4.63. The molecule has 9 heteroatoms. The zero-order valence-corrected chi connectivity index (χ0v) is 15.9. The van der Waals surface area contributed by atoms with Gasteiger partial charge in [-0.25, -0.2) is 14.3 Å². The molecule has 2 aromatic heterocycles. The number of aromatic carboxylic acids is 1. The molecule has 0 bridgehead atoms. The van der Waals surface area contributed by atoms with Crippen LogP contribution in [0.4, 0.5) is 11.5 Å². The Morgan fingerprint density at radius 1 is 1.31 bits per heavy atom. The molecule has 4 aromatic rings. The van der Waals surface area contributed by atoms with Crippen LogP contribution in [0.25, 0.3) is 16.9 Å². The number of halogens is 1. The van der Waals surface area contributed by atoms with Crippen LogP contribution >= 0.6 is 11.6 Å². The number of carboxylic acid groups (broad SMARTS) is 1. The molecule has 0 fully saturated rings. The Kier molecular flexibility index (Phi) is 4.58. The molecule has 0 saturated carbocycles. The van der Waals surface area contributed by atoms with Gasteiger partial charge in [0.2, 0.25) is 0 Å². The van der Waals surface area contributed by atoms with E-state index in [4.69, 9.17) is 21.4 Å². The first-order valence-electron chi connectivity index (χ1n) is 8.46. The highest BCUT2D eigenvalue weighted by Crippen LogP contribution is 2.36. The monoisotopic (exact) mass is 407 g/mol. The number of aromatic amines is 1. The van der Waals surface area contributed by atoms with Crippen LogP contribution < -0.4 is 10.1 Å². The summed E-state index contributed by atoms with van der Waals surface area (Å²) in [5.74, 6) is 0.107. The van der Waals surface area contributed by atoms with E-state index in [2.05, 4.69) is 21.5 Å². The van der Waals surface area contributed by atoms with Gasteiger partial charge in [-0.05, 0) is 30.3 Å². The molecule has 3 N–H and O–H groups in total. The van der Waals surface area contributed by atoms with Crippen LogP contribution in [0.5, 0.6) is 5.75 Å². The zero-order chi connectivity index (χ0) is 20.5. The van der Waals surface area contributed by atoms with Crippen LogP contribution in [0.2, 0.25) is 5.02 Å². The summed E-state index contributed by atoms with van der Waals surface area (Å²) < 4.78 is 7.03. The first-order valence-corrected chi connectivity index (χ1v) is 8.84. The van der Waals surface area contributed by atoms with Gasteiger partial charge in [-0.15, -0.1) is 0 Å². The summed E-state index contributed by atoms with van der Waals surface area (Å²) in [4.78, 5) is 15.7. The Morgan fingerprint density at radius 2 is 2.07 bits per heavy atom.